The first kappa shape index (κ1) is 18.6. The molecule has 104 valence electrons. The number of nitrogens with one attached hydrogen (secondary N) is 1. The third kappa shape index (κ3) is 11.5. The van der Waals surface area contributed by atoms with Crippen LogP contribution in [0.4, 0.5) is 0 Å². The van der Waals surface area contributed by atoms with E-state index in [0.29, 0.717) is 0 Å². The van der Waals surface area contributed by atoms with Gasteiger partial charge in [0.05, 0.1) is 0 Å². The van der Waals surface area contributed by atoms with Crippen molar-refractivity contribution in [2.45, 2.75) is 12.5 Å². The van der Waals surface area contributed by atoms with E-state index in [1.54, 1.807) is 21.3 Å². The maximum Gasteiger partial charge on any atom is 0.500 e. The summed E-state index contributed by atoms with van der Waals surface area (Å²) in [6, 6.07) is 0.870. The van der Waals surface area contributed by atoms with Crippen molar-refractivity contribution < 1.29 is 28.7 Å². The van der Waals surface area contributed by atoms with Gasteiger partial charge in [0.15, 0.2) is 0 Å². The monoisotopic (exact) mass is 270 g/mol. The number of hydrogen-bond acceptors (Lipinski definition) is 5. The average molecular weight is 270 g/mol. The summed E-state index contributed by atoms with van der Waals surface area (Å²) >= 11 is 0. The first-order valence-electron chi connectivity index (χ1n) is 5.02. The smallest absolute Gasteiger partial charge is 0.377 e. The van der Waals surface area contributed by atoms with Gasteiger partial charge >= 0.3 is 13.8 Å². The molecule has 0 unspecified atom stereocenters. The predicted molar refractivity (Wildman–Crippen MR) is 61.3 cm³/mol. The normalized spacial score (nSPS) is 10.9. The molecule has 0 aromatic carbocycles. The Hall–Kier alpha value is -0.743. The molecule has 0 saturated carbocycles. The molecule has 0 aliphatic rings. The van der Waals surface area contributed by atoms with Crippen molar-refractivity contribution in [2.75, 3.05) is 42.0 Å². The van der Waals surface area contributed by atoms with Gasteiger partial charge in [0, 0.05) is 32.9 Å². The van der Waals surface area contributed by atoms with Crippen molar-refractivity contribution >= 4 is 8.80 Å². The molecule has 0 bridgehead atoms. The first-order valence-corrected chi connectivity index (χ1v) is 6.96. The van der Waals surface area contributed by atoms with Gasteiger partial charge in [-0.1, -0.05) is 0 Å². The third-order valence-corrected chi connectivity index (χ3v) is 4.85. The molecular weight excluding hydrogens is 246 g/mol. The topological polar surface area (TPSA) is 98.2 Å². The third-order valence-electron chi connectivity index (χ3n) is 2.02. The molecule has 0 radical (unpaired) electrons. The average Bonchev–Trinajstić information content (AvgIpc) is 2.24. The quantitative estimate of drug-likeness (QED) is 0.356. The standard InChI is InChI=1S/C8H21NO3Si.H3N2O2/c1-9(2)7-6-8-13(10-3,11-4)12-5;1-2(3)4/h6-8H2,1-5H3;(H3,1,3,4)/q;+1. The largest absolute Gasteiger partial charge is 0.500 e. The van der Waals surface area contributed by atoms with E-state index in [1.165, 1.54) is 0 Å². The van der Waals surface area contributed by atoms with Crippen LogP contribution in [-0.4, -0.2) is 71.1 Å². The van der Waals surface area contributed by atoms with Gasteiger partial charge in [0.1, 0.15) is 0 Å². The Morgan fingerprint density at radius 3 is 1.71 bits per heavy atom. The summed E-state index contributed by atoms with van der Waals surface area (Å²) < 4.78 is 15.9. The molecule has 0 amide bonds. The first-order chi connectivity index (χ1) is 7.83. The van der Waals surface area contributed by atoms with Crippen LogP contribution in [0.1, 0.15) is 6.42 Å². The van der Waals surface area contributed by atoms with E-state index >= 15 is 0 Å². The van der Waals surface area contributed by atoms with Crippen LogP contribution >= 0.6 is 0 Å². The summed E-state index contributed by atoms with van der Waals surface area (Å²) in [6.07, 6.45) is 1.04. The van der Waals surface area contributed by atoms with E-state index in [-0.39, 0.29) is 0 Å². The van der Waals surface area contributed by atoms with Gasteiger partial charge in [0.25, 0.3) is 0 Å². The molecule has 0 fully saturated rings. The molecule has 0 spiro atoms. The van der Waals surface area contributed by atoms with Crippen LogP contribution in [0.5, 0.6) is 0 Å². The molecular formula is C8H24N3O5Si+. The highest BCUT2D eigenvalue weighted by Gasteiger charge is 2.36. The molecule has 17 heavy (non-hydrogen) atoms. The molecule has 0 aromatic heterocycles. The summed E-state index contributed by atoms with van der Waals surface area (Å²) in [7, 11) is 6.73. The van der Waals surface area contributed by atoms with E-state index in [4.69, 9.17) is 29.2 Å². The van der Waals surface area contributed by atoms with Gasteiger partial charge in [0.2, 0.25) is 0 Å². The Labute approximate surface area is 103 Å². The highest BCUT2D eigenvalue weighted by atomic mass is 28.4. The Morgan fingerprint density at radius 1 is 1.12 bits per heavy atom. The molecule has 0 atom stereocenters. The number of hydrogen-bond donors (Lipinski definition) is 3. The summed E-state index contributed by atoms with van der Waals surface area (Å²) in [5, 5.41) is 13.5. The molecule has 0 aliphatic carbocycles. The van der Waals surface area contributed by atoms with E-state index in [2.05, 4.69) is 19.0 Å². The minimum absolute atomic E-state index is 0.750. The van der Waals surface area contributed by atoms with Crippen LogP contribution in [0.3, 0.4) is 0 Å². The number of nitrogens with zero attached hydrogens (tertiary/aromatic N) is 2. The molecule has 9 heteroatoms. The lowest BCUT2D eigenvalue weighted by Crippen LogP contribution is -2.43. The van der Waals surface area contributed by atoms with Crippen molar-refractivity contribution in [3.05, 3.63) is 0 Å². The van der Waals surface area contributed by atoms with Crippen LogP contribution in [0.15, 0.2) is 0 Å². The van der Waals surface area contributed by atoms with Gasteiger partial charge in [-0.05, 0) is 27.1 Å². The second-order valence-corrected chi connectivity index (χ2v) is 6.58. The molecule has 3 N–H and O–H groups in total. The summed E-state index contributed by atoms with van der Waals surface area (Å²) in [6.45, 7) is 1.03. The zero-order valence-corrected chi connectivity index (χ0v) is 12.1. The summed E-state index contributed by atoms with van der Waals surface area (Å²) in [5.41, 5.74) is 5.53. The minimum atomic E-state index is -2.31. The van der Waals surface area contributed by atoms with Gasteiger partial charge in [-0.3, -0.25) is 0 Å². The Kier molecular flexibility index (Phi) is 11.4. The van der Waals surface area contributed by atoms with Crippen LogP contribution < -0.4 is 0 Å². The second kappa shape index (κ2) is 10.4. The van der Waals surface area contributed by atoms with Gasteiger partial charge in [-0.2, -0.15) is 0 Å². The van der Waals surface area contributed by atoms with Crippen LogP contribution in [-0.2, 0) is 13.3 Å². The van der Waals surface area contributed by atoms with Crippen LogP contribution in [0.2, 0.25) is 6.04 Å². The van der Waals surface area contributed by atoms with Crippen molar-refractivity contribution in [3.8, 4) is 0 Å². The van der Waals surface area contributed by atoms with Gasteiger partial charge in [-0.25, -0.2) is 10.4 Å². The van der Waals surface area contributed by atoms with Gasteiger partial charge < -0.3 is 18.2 Å². The summed E-state index contributed by atoms with van der Waals surface area (Å²) in [5.74, 6) is 0. The SMILES string of the molecule is CO[Si](CCCN(C)C)(OC)OC.N=[N+](O)O. The highest BCUT2D eigenvalue weighted by molar-refractivity contribution is 6.60. The van der Waals surface area contributed by atoms with Crippen LogP contribution in [0.25, 0.3) is 0 Å². The zero-order valence-electron chi connectivity index (χ0n) is 11.1. The zero-order chi connectivity index (χ0) is 13.9. The molecule has 0 aliphatic heterocycles. The summed E-state index contributed by atoms with van der Waals surface area (Å²) in [4.78, 5) is 2.14. The van der Waals surface area contributed by atoms with Crippen molar-refractivity contribution in [1.82, 2.24) is 4.90 Å². The molecule has 0 saturated heterocycles. The fraction of sp³-hybridized carbons (Fsp3) is 1.00. The van der Waals surface area contributed by atoms with Crippen molar-refractivity contribution in [2.24, 2.45) is 0 Å². The number of rotatable bonds is 7. The van der Waals surface area contributed by atoms with E-state index in [9.17, 15) is 0 Å². The Bertz CT molecular complexity index is 189. The maximum absolute atomic E-state index is 7.11. The minimum Gasteiger partial charge on any atom is -0.377 e. The second-order valence-electron chi connectivity index (χ2n) is 3.49. The lowest BCUT2D eigenvalue weighted by Gasteiger charge is -2.24. The fourth-order valence-corrected chi connectivity index (χ4v) is 2.87. The van der Waals surface area contributed by atoms with Crippen molar-refractivity contribution in [1.29, 1.82) is 5.53 Å². The highest BCUT2D eigenvalue weighted by Crippen LogP contribution is 2.14. The van der Waals surface area contributed by atoms with Gasteiger partial charge in [-0.15, -0.1) is 0 Å². The molecule has 0 aromatic rings. The molecule has 0 heterocycles. The lowest BCUT2D eigenvalue weighted by atomic mass is 10.5. The van der Waals surface area contributed by atoms with Crippen molar-refractivity contribution in [3.63, 3.8) is 0 Å². The predicted octanol–water partition coefficient (Wildman–Crippen LogP) is 0.624. The van der Waals surface area contributed by atoms with E-state index in [0.717, 1.165) is 19.0 Å². The molecule has 8 nitrogen and oxygen atoms in total. The van der Waals surface area contributed by atoms with Crippen LogP contribution in [0, 0.1) is 5.53 Å². The molecule has 0 rings (SSSR count). The van der Waals surface area contributed by atoms with E-state index in [1.807, 2.05) is 0 Å². The maximum atomic E-state index is 7.11. The lowest BCUT2D eigenvalue weighted by molar-refractivity contribution is -1.01. The fourth-order valence-electron chi connectivity index (χ4n) is 1.17. The Balaban J connectivity index is 0. The Morgan fingerprint density at radius 2 is 1.47 bits per heavy atom. The van der Waals surface area contributed by atoms with E-state index < -0.39 is 13.8 Å².